The first-order chi connectivity index (χ1) is 13.4. The number of non-ortho nitro benzene ring substituents is 1. The smallest absolute Gasteiger partial charge is 0.449 e. The third-order valence-corrected chi connectivity index (χ3v) is 3.92. The van der Waals surface area contributed by atoms with Crippen molar-refractivity contribution in [2.24, 2.45) is 0 Å². The fraction of sp³-hybridized carbons (Fsp3) is 0.500. The van der Waals surface area contributed by atoms with Gasteiger partial charge in [0.2, 0.25) is 5.82 Å². The standard InChI is InChI=1S/C16H15F6N3O4/c1-2-3-4-5-6-29-14(26)24-10-7-9(15(17,18)19)8-11(25(27)28)12(10)23-13(24)16(20,21)22/h7-8H,2-6H2,1H3. The molecule has 1 aromatic heterocycles. The molecule has 0 amide bonds. The average molecular weight is 427 g/mol. The number of hydrogen-bond donors (Lipinski definition) is 0. The number of ether oxygens (including phenoxy) is 1. The SMILES string of the molecule is CCCCCCOC(=O)n1c(C(F)(F)F)nc2c([N+](=O)[O-])cc(C(F)(F)F)cc21. The molecule has 0 atom stereocenters. The van der Waals surface area contributed by atoms with Crippen LogP contribution in [0.4, 0.5) is 36.8 Å². The van der Waals surface area contributed by atoms with Gasteiger partial charge >= 0.3 is 18.4 Å². The molecular weight excluding hydrogens is 412 g/mol. The van der Waals surface area contributed by atoms with E-state index in [-0.39, 0.29) is 23.3 Å². The van der Waals surface area contributed by atoms with Gasteiger partial charge in [-0.05, 0) is 12.5 Å². The molecule has 7 nitrogen and oxygen atoms in total. The molecule has 160 valence electrons. The maximum absolute atomic E-state index is 13.3. The summed E-state index contributed by atoms with van der Waals surface area (Å²) in [6.45, 7) is 1.64. The van der Waals surface area contributed by atoms with Crippen molar-refractivity contribution >= 4 is 22.8 Å². The van der Waals surface area contributed by atoms with E-state index in [0.29, 0.717) is 12.8 Å². The lowest BCUT2D eigenvalue weighted by Crippen LogP contribution is -2.22. The van der Waals surface area contributed by atoms with Crippen LogP contribution in [-0.2, 0) is 17.1 Å². The van der Waals surface area contributed by atoms with E-state index in [9.17, 15) is 41.3 Å². The molecule has 0 unspecified atom stereocenters. The number of imidazole rings is 1. The first kappa shape index (κ1) is 22.4. The van der Waals surface area contributed by atoms with Crippen LogP contribution < -0.4 is 0 Å². The summed E-state index contributed by atoms with van der Waals surface area (Å²) in [7, 11) is 0. The molecule has 2 rings (SSSR count). The number of aromatic nitrogens is 2. The zero-order chi connectivity index (χ0) is 22.0. The summed E-state index contributed by atoms with van der Waals surface area (Å²) in [5, 5.41) is 11.1. The van der Waals surface area contributed by atoms with Crippen LogP contribution in [0.15, 0.2) is 12.1 Å². The van der Waals surface area contributed by atoms with E-state index in [1.165, 1.54) is 0 Å². The Morgan fingerprint density at radius 1 is 1.14 bits per heavy atom. The Balaban J connectivity index is 2.63. The lowest BCUT2D eigenvalue weighted by Gasteiger charge is -2.11. The summed E-state index contributed by atoms with van der Waals surface area (Å²) in [6.07, 6.45) is -9.39. The average Bonchev–Trinajstić information content (AvgIpc) is 2.99. The van der Waals surface area contributed by atoms with Crippen molar-refractivity contribution in [2.75, 3.05) is 6.61 Å². The second-order valence-electron chi connectivity index (χ2n) is 6.06. The Morgan fingerprint density at radius 2 is 1.79 bits per heavy atom. The second-order valence-corrected chi connectivity index (χ2v) is 6.06. The van der Waals surface area contributed by atoms with Gasteiger partial charge in [-0.2, -0.15) is 26.3 Å². The maximum Gasteiger partial charge on any atom is 0.450 e. The Bertz CT molecular complexity index is 920. The summed E-state index contributed by atoms with van der Waals surface area (Å²) < 4.78 is 83.7. The maximum atomic E-state index is 13.3. The molecule has 0 saturated carbocycles. The Morgan fingerprint density at radius 3 is 2.31 bits per heavy atom. The predicted molar refractivity (Wildman–Crippen MR) is 87.3 cm³/mol. The summed E-state index contributed by atoms with van der Waals surface area (Å²) in [5.41, 5.74) is -4.92. The van der Waals surface area contributed by atoms with Gasteiger partial charge in [0, 0.05) is 6.07 Å². The van der Waals surface area contributed by atoms with Crippen molar-refractivity contribution in [3.05, 3.63) is 33.6 Å². The van der Waals surface area contributed by atoms with Gasteiger partial charge in [-0.25, -0.2) is 14.3 Å². The number of fused-ring (bicyclic) bond motifs is 1. The van der Waals surface area contributed by atoms with Crippen LogP contribution in [0.5, 0.6) is 0 Å². The number of benzene rings is 1. The minimum atomic E-state index is -5.27. The van der Waals surface area contributed by atoms with Crippen molar-refractivity contribution in [1.82, 2.24) is 9.55 Å². The molecule has 0 bridgehead atoms. The number of nitro benzene ring substituents is 1. The van der Waals surface area contributed by atoms with E-state index >= 15 is 0 Å². The minimum absolute atomic E-state index is 0.0654. The predicted octanol–water partition coefficient (Wildman–Crippen LogP) is 5.55. The van der Waals surface area contributed by atoms with Crippen molar-refractivity contribution in [3.8, 4) is 0 Å². The number of halogens is 6. The zero-order valence-corrected chi connectivity index (χ0v) is 14.9. The molecule has 29 heavy (non-hydrogen) atoms. The van der Waals surface area contributed by atoms with Crippen LogP contribution >= 0.6 is 0 Å². The molecule has 1 aromatic carbocycles. The molecule has 0 N–H and O–H groups in total. The van der Waals surface area contributed by atoms with Crippen LogP contribution in [0.1, 0.15) is 44.0 Å². The van der Waals surface area contributed by atoms with Crippen molar-refractivity contribution in [1.29, 1.82) is 0 Å². The third kappa shape index (κ3) is 4.95. The Hall–Kier alpha value is -2.86. The van der Waals surface area contributed by atoms with Crippen molar-refractivity contribution in [2.45, 2.75) is 45.0 Å². The molecule has 0 fully saturated rings. The number of nitrogens with zero attached hydrogens (tertiary/aromatic N) is 3. The number of rotatable bonds is 6. The van der Waals surface area contributed by atoms with Gasteiger partial charge in [0.1, 0.15) is 0 Å². The number of hydrogen-bond acceptors (Lipinski definition) is 5. The molecule has 2 aromatic rings. The van der Waals surface area contributed by atoms with Crippen LogP contribution in [-0.4, -0.2) is 27.2 Å². The van der Waals surface area contributed by atoms with Gasteiger partial charge in [0.25, 0.3) is 5.69 Å². The Labute approximate surface area is 159 Å². The van der Waals surface area contributed by atoms with Crippen LogP contribution in [0.2, 0.25) is 0 Å². The highest BCUT2D eigenvalue weighted by Crippen LogP contribution is 2.39. The number of carbonyl (C=O) groups is 1. The highest BCUT2D eigenvalue weighted by atomic mass is 19.4. The summed E-state index contributed by atoms with van der Waals surface area (Å²) in [4.78, 5) is 25.0. The molecule has 0 aliphatic rings. The second kappa shape index (κ2) is 8.25. The van der Waals surface area contributed by atoms with E-state index in [4.69, 9.17) is 4.74 Å². The zero-order valence-electron chi connectivity index (χ0n) is 14.9. The lowest BCUT2D eigenvalue weighted by atomic mass is 10.1. The monoisotopic (exact) mass is 427 g/mol. The van der Waals surface area contributed by atoms with Gasteiger partial charge in [0.05, 0.1) is 22.6 Å². The van der Waals surface area contributed by atoms with E-state index < -0.39 is 51.5 Å². The molecule has 0 saturated heterocycles. The summed E-state index contributed by atoms with van der Waals surface area (Å²) >= 11 is 0. The number of unbranched alkanes of at least 4 members (excludes halogenated alkanes) is 3. The number of alkyl halides is 6. The molecule has 13 heteroatoms. The summed E-state index contributed by atoms with van der Waals surface area (Å²) in [6, 6.07) is 0.263. The van der Waals surface area contributed by atoms with Gasteiger partial charge < -0.3 is 4.74 Å². The minimum Gasteiger partial charge on any atom is -0.449 e. The quantitative estimate of drug-likeness (QED) is 0.261. The van der Waals surface area contributed by atoms with Crippen LogP contribution in [0.25, 0.3) is 11.0 Å². The normalized spacial score (nSPS) is 12.4. The fourth-order valence-corrected chi connectivity index (χ4v) is 2.59. The van der Waals surface area contributed by atoms with E-state index in [1.807, 2.05) is 6.92 Å². The van der Waals surface area contributed by atoms with E-state index in [0.717, 1.165) is 12.8 Å². The first-order valence-corrected chi connectivity index (χ1v) is 8.40. The van der Waals surface area contributed by atoms with Gasteiger partial charge in [-0.1, -0.05) is 26.2 Å². The first-order valence-electron chi connectivity index (χ1n) is 8.40. The molecule has 0 aliphatic heterocycles. The largest absolute Gasteiger partial charge is 0.450 e. The fourth-order valence-electron chi connectivity index (χ4n) is 2.59. The van der Waals surface area contributed by atoms with E-state index in [2.05, 4.69) is 4.98 Å². The summed E-state index contributed by atoms with van der Waals surface area (Å²) in [5.74, 6) is -1.91. The molecule has 0 spiro atoms. The van der Waals surface area contributed by atoms with Crippen molar-refractivity contribution < 1.29 is 40.8 Å². The highest BCUT2D eigenvalue weighted by molar-refractivity contribution is 5.93. The van der Waals surface area contributed by atoms with Crippen LogP contribution in [0.3, 0.4) is 0 Å². The van der Waals surface area contributed by atoms with Crippen molar-refractivity contribution in [3.63, 3.8) is 0 Å². The van der Waals surface area contributed by atoms with Crippen LogP contribution in [0, 0.1) is 10.1 Å². The van der Waals surface area contributed by atoms with Gasteiger partial charge in [0.15, 0.2) is 5.52 Å². The van der Waals surface area contributed by atoms with Gasteiger partial charge in [-0.15, -0.1) is 0 Å². The van der Waals surface area contributed by atoms with E-state index in [1.54, 1.807) is 0 Å². The topological polar surface area (TPSA) is 87.3 Å². The van der Waals surface area contributed by atoms with Gasteiger partial charge in [-0.3, -0.25) is 10.1 Å². The molecular formula is C16H15F6N3O4. The Kier molecular flexibility index (Phi) is 6.38. The number of nitro groups is 1. The molecule has 0 aliphatic carbocycles. The molecule has 1 heterocycles. The molecule has 0 radical (unpaired) electrons. The lowest BCUT2D eigenvalue weighted by molar-refractivity contribution is -0.383. The highest BCUT2D eigenvalue weighted by Gasteiger charge is 2.42. The third-order valence-electron chi connectivity index (χ3n) is 3.92. The number of carbonyl (C=O) groups excluding carboxylic acids is 1.